The van der Waals surface area contributed by atoms with Crippen LogP contribution >= 0.6 is 11.6 Å². The van der Waals surface area contributed by atoms with Gasteiger partial charge in [-0.25, -0.2) is 9.18 Å². The van der Waals surface area contributed by atoms with Crippen molar-refractivity contribution in [1.82, 2.24) is 0 Å². The Bertz CT molecular complexity index is 451. The highest BCUT2D eigenvalue weighted by atomic mass is 35.5. The molecule has 1 aliphatic carbocycles. The predicted octanol–water partition coefficient (Wildman–Crippen LogP) is 2.42. The van der Waals surface area contributed by atoms with Crippen molar-refractivity contribution in [3.63, 3.8) is 0 Å². The van der Waals surface area contributed by atoms with Crippen molar-refractivity contribution in [3.05, 3.63) is 40.7 Å². The molecule has 0 fully saturated rings. The molecule has 0 unspecified atom stereocenters. The summed E-state index contributed by atoms with van der Waals surface area (Å²) in [6.45, 7) is 0. The van der Waals surface area contributed by atoms with Gasteiger partial charge >= 0.3 is 5.97 Å². The molecule has 1 aromatic carbocycles. The van der Waals surface area contributed by atoms with Crippen LogP contribution in [0.2, 0.25) is 0 Å². The van der Waals surface area contributed by atoms with E-state index in [9.17, 15) is 9.18 Å². The molecule has 0 saturated heterocycles. The zero-order valence-electron chi connectivity index (χ0n) is 7.05. The third kappa shape index (κ3) is 1.30. The van der Waals surface area contributed by atoms with Gasteiger partial charge in [0.05, 0.1) is 10.6 Å². The summed E-state index contributed by atoms with van der Waals surface area (Å²) < 4.78 is 12.8. The molecule has 1 aliphatic rings. The van der Waals surface area contributed by atoms with Gasteiger partial charge in [0.25, 0.3) is 0 Å². The van der Waals surface area contributed by atoms with Gasteiger partial charge in [-0.2, -0.15) is 0 Å². The van der Waals surface area contributed by atoms with Crippen molar-refractivity contribution in [2.75, 3.05) is 0 Å². The van der Waals surface area contributed by atoms with E-state index in [0.717, 1.165) is 0 Å². The second-order valence-corrected chi connectivity index (χ2v) is 3.45. The second kappa shape index (κ2) is 3.10. The Hall–Kier alpha value is -1.35. The van der Waals surface area contributed by atoms with Crippen LogP contribution in [-0.2, 0) is 11.2 Å². The average Bonchev–Trinajstić information content (AvgIpc) is 2.43. The van der Waals surface area contributed by atoms with Crippen molar-refractivity contribution in [1.29, 1.82) is 0 Å². The first kappa shape index (κ1) is 9.21. The number of benzene rings is 1. The minimum absolute atomic E-state index is 0.132. The maximum absolute atomic E-state index is 12.8. The smallest absolute Gasteiger partial charge is 0.333 e. The second-order valence-electron chi connectivity index (χ2n) is 3.08. The Labute approximate surface area is 84.6 Å². The Morgan fingerprint density at radius 1 is 1.50 bits per heavy atom. The lowest BCUT2D eigenvalue weighted by Gasteiger charge is -1.97. The van der Waals surface area contributed by atoms with E-state index in [-0.39, 0.29) is 22.8 Å². The Morgan fingerprint density at radius 3 is 2.86 bits per heavy atom. The highest BCUT2D eigenvalue weighted by Crippen LogP contribution is 2.35. The highest BCUT2D eigenvalue weighted by Gasteiger charge is 2.24. The van der Waals surface area contributed by atoms with E-state index >= 15 is 0 Å². The summed E-state index contributed by atoms with van der Waals surface area (Å²) in [6, 6.07) is 4.09. The lowest BCUT2D eigenvalue weighted by molar-refractivity contribution is -0.132. The van der Waals surface area contributed by atoms with Gasteiger partial charge in [0.2, 0.25) is 0 Å². The Balaban J connectivity index is 2.53. The molecule has 0 atom stereocenters. The monoisotopic (exact) mass is 212 g/mol. The average molecular weight is 213 g/mol. The van der Waals surface area contributed by atoms with Gasteiger partial charge in [-0.15, -0.1) is 0 Å². The van der Waals surface area contributed by atoms with Gasteiger partial charge in [0.15, 0.2) is 0 Å². The molecule has 0 heterocycles. The van der Waals surface area contributed by atoms with Crippen molar-refractivity contribution in [2.45, 2.75) is 6.42 Å². The number of carboxylic acids is 1. The van der Waals surface area contributed by atoms with Crippen LogP contribution in [0, 0.1) is 5.82 Å². The molecule has 2 nitrogen and oxygen atoms in total. The predicted molar refractivity (Wildman–Crippen MR) is 50.5 cm³/mol. The van der Waals surface area contributed by atoms with E-state index in [0.29, 0.717) is 11.1 Å². The van der Waals surface area contributed by atoms with Gasteiger partial charge < -0.3 is 5.11 Å². The fraction of sp³-hybridized carbons (Fsp3) is 0.100. The number of carbonyl (C=O) groups is 1. The molecule has 0 bridgehead atoms. The van der Waals surface area contributed by atoms with Crippen molar-refractivity contribution in [3.8, 4) is 0 Å². The van der Waals surface area contributed by atoms with Gasteiger partial charge in [0, 0.05) is 6.42 Å². The van der Waals surface area contributed by atoms with E-state index in [1.807, 2.05) is 0 Å². The Kier molecular flexibility index (Phi) is 2.04. The molecule has 1 N–H and O–H groups in total. The largest absolute Gasteiger partial charge is 0.478 e. The molecule has 0 saturated carbocycles. The van der Waals surface area contributed by atoms with E-state index in [2.05, 4.69) is 0 Å². The van der Waals surface area contributed by atoms with Crippen molar-refractivity contribution < 1.29 is 14.3 Å². The molecule has 72 valence electrons. The van der Waals surface area contributed by atoms with Crippen LogP contribution in [0.25, 0.3) is 5.03 Å². The molecule has 0 aliphatic heterocycles. The number of rotatable bonds is 1. The molecule has 0 spiro atoms. The molecule has 1 aromatic rings. The van der Waals surface area contributed by atoms with Crippen molar-refractivity contribution >= 4 is 22.6 Å². The first-order valence-corrected chi connectivity index (χ1v) is 4.38. The summed E-state index contributed by atoms with van der Waals surface area (Å²) in [6.07, 6.45) is 0.196. The van der Waals surface area contributed by atoms with E-state index < -0.39 is 5.97 Å². The SMILES string of the molecule is O=C(O)C1=C(Cl)c2ccc(F)cc2C1. The highest BCUT2D eigenvalue weighted by molar-refractivity contribution is 6.51. The number of fused-ring (bicyclic) bond motifs is 1. The van der Waals surface area contributed by atoms with Crippen LogP contribution in [-0.4, -0.2) is 11.1 Å². The van der Waals surface area contributed by atoms with Crippen molar-refractivity contribution in [2.24, 2.45) is 0 Å². The summed E-state index contributed by atoms with van der Waals surface area (Å²) in [5.74, 6) is -1.42. The lowest BCUT2D eigenvalue weighted by Crippen LogP contribution is -2.00. The number of aliphatic carboxylic acids is 1. The van der Waals surface area contributed by atoms with Crippen LogP contribution < -0.4 is 0 Å². The third-order valence-electron chi connectivity index (χ3n) is 2.19. The number of carboxylic acid groups (broad SMARTS) is 1. The summed E-state index contributed by atoms with van der Waals surface area (Å²) in [5, 5.41) is 9.00. The molecule has 0 aromatic heterocycles. The van der Waals surface area contributed by atoms with E-state index in [4.69, 9.17) is 16.7 Å². The first-order valence-electron chi connectivity index (χ1n) is 4.00. The summed E-state index contributed by atoms with van der Waals surface area (Å²) in [4.78, 5) is 10.7. The molecule has 14 heavy (non-hydrogen) atoms. The van der Waals surface area contributed by atoms with Crippen LogP contribution in [0.5, 0.6) is 0 Å². The minimum Gasteiger partial charge on any atom is -0.478 e. The Morgan fingerprint density at radius 2 is 2.21 bits per heavy atom. The zero-order valence-corrected chi connectivity index (χ0v) is 7.81. The number of hydrogen-bond acceptors (Lipinski definition) is 1. The minimum atomic E-state index is -1.05. The van der Waals surface area contributed by atoms with Gasteiger partial charge in [-0.05, 0) is 23.3 Å². The lowest BCUT2D eigenvalue weighted by atomic mass is 10.1. The maximum atomic E-state index is 12.8. The standard InChI is InChI=1S/C10H6ClFO2/c11-9-7-2-1-6(12)3-5(7)4-8(9)10(13)14/h1-3H,4H2,(H,13,14). The molecule has 2 rings (SSSR count). The molecular weight excluding hydrogens is 207 g/mol. The molecule has 4 heteroatoms. The number of hydrogen-bond donors (Lipinski definition) is 1. The number of halogens is 2. The molecule has 0 radical (unpaired) electrons. The first-order chi connectivity index (χ1) is 6.59. The molecule has 0 amide bonds. The van der Waals surface area contributed by atoms with E-state index in [1.54, 1.807) is 0 Å². The summed E-state index contributed by atoms with van der Waals surface area (Å²) in [7, 11) is 0. The molecular formula is C10H6ClFO2. The van der Waals surface area contributed by atoms with Gasteiger partial charge in [-0.1, -0.05) is 17.7 Å². The summed E-state index contributed by atoms with van der Waals surface area (Å²) >= 11 is 5.83. The summed E-state index contributed by atoms with van der Waals surface area (Å²) in [5.41, 5.74) is 1.38. The van der Waals surface area contributed by atoms with E-state index in [1.165, 1.54) is 18.2 Å². The zero-order chi connectivity index (χ0) is 10.3. The van der Waals surface area contributed by atoms with Gasteiger partial charge in [0.1, 0.15) is 5.82 Å². The van der Waals surface area contributed by atoms with Crippen LogP contribution in [0.1, 0.15) is 11.1 Å². The quantitative estimate of drug-likeness (QED) is 0.776. The topological polar surface area (TPSA) is 37.3 Å². The normalized spacial score (nSPS) is 14.4. The van der Waals surface area contributed by atoms with Crippen LogP contribution in [0.4, 0.5) is 4.39 Å². The maximum Gasteiger partial charge on any atom is 0.333 e. The van der Waals surface area contributed by atoms with Crippen LogP contribution in [0.3, 0.4) is 0 Å². The fourth-order valence-corrected chi connectivity index (χ4v) is 1.85. The van der Waals surface area contributed by atoms with Crippen LogP contribution in [0.15, 0.2) is 23.8 Å². The fourth-order valence-electron chi connectivity index (χ4n) is 1.52. The van der Waals surface area contributed by atoms with Gasteiger partial charge in [-0.3, -0.25) is 0 Å². The third-order valence-corrected chi connectivity index (χ3v) is 2.63.